The molecule has 31 heavy (non-hydrogen) atoms. The van der Waals surface area contributed by atoms with Gasteiger partial charge < -0.3 is 15.0 Å². The van der Waals surface area contributed by atoms with Crippen LogP contribution in [0.5, 0.6) is 5.75 Å². The maximum Gasteiger partial charge on any atom is 0.220 e. The number of H-pyrrole nitrogens is 1. The van der Waals surface area contributed by atoms with E-state index in [0.29, 0.717) is 18.5 Å². The number of aromatic nitrogens is 1. The van der Waals surface area contributed by atoms with Crippen molar-refractivity contribution in [3.05, 3.63) is 65.9 Å². The van der Waals surface area contributed by atoms with Gasteiger partial charge in [-0.3, -0.25) is 9.69 Å². The molecule has 2 aromatic carbocycles. The van der Waals surface area contributed by atoms with Crippen molar-refractivity contribution in [2.45, 2.75) is 63.2 Å². The van der Waals surface area contributed by atoms with E-state index in [1.165, 1.54) is 22.0 Å². The van der Waals surface area contributed by atoms with Gasteiger partial charge in [0, 0.05) is 42.8 Å². The Morgan fingerprint density at radius 2 is 1.90 bits per heavy atom. The number of rotatable bonds is 5. The van der Waals surface area contributed by atoms with Crippen LogP contribution in [0.25, 0.3) is 10.9 Å². The normalized spacial score (nSPS) is 24.4. The molecule has 5 rings (SSSR count). The second-order valence-corrected chi connectivity index (χ2v) is 9.00. The molecule has 2 aliphatic rings. The molecule has 2 fully saturated rings. The molecule has 3 aromatic rings. The number of hydrogen-bond acceptors (Lipinski definition) is 3. The maximum atomic E-state index is 12.3. The first-order valence-electron chi connectivity index (χ1n) is 11.4. The van der Waals surface area contributed by atoms with Crippen molar-refractivity contribution < 1.29 is 9.53 Å². The van der Waals surface area contributed by atoms with Gasteiger partial charge in [0.05, 0.1) is 7.11 Å². The zero-order valence-corrected chi connectivity index (χ0v) is 18.1. The van der Waals surface area contributed by atoms with Gasteiger partial charge in [-0.2, -0.15) is 0 Å². The minimum absolute atomic E-state index is 0.216. The molecule has 5 heteroatoms. The van der Waals surface area contributed by atoms with Crippen LogP contribution < -0.4 is 10.1 Å². The van der Waals surface area contributed by atoms with Crippen molar-refractivity contribution in [3.8, 4) is 5.75 Å². The number of benzene rings is 2. The van der Waals surface area contributed by atoms with Crippen molar-refractivity contribution in [2.75, 3.05) is 7.11 Å². The number of likely N-dealkylation sites (tertiary alicyclic amines) is 1. The van der Waals surface area contributed by atoms with Crippen molar-refractivity contribution in [2.24, 2.45) is 0 Å². The summed E-state index contributed by atoms with van der Waals surface area (Å²) in [6.07, 6.45) is 7.91. The number of nitrogens with zero attached hydrogens (tertiary/aromatic N) is 1. The first kappa shape index (κ1) is 20.1. The van der Waals surface area contributed by atoms with Crippen molar-refractivity contribution in [3.63, 3.8) is 0 Å². The van der Waals surface area contributed by atoms with Crippen molar-refractivity contribution in [1.29, 1.82) is 0 Å². The third-order valence-corrected chi connectivity index (χ3v) is 7.00. The molecule has 162 valence electrons. The quantitative estimate of drug-likeness (QED) is 0.646. The Morgan fingerprint density at radius 3 is 2.74 bits per heavy atom. The molecule has 0 unspecified atom stereocenters. The van der Waals surface area contributed by atoms with Crippen LogP contribution in [0, 0.1) is 0 Å². The predicted molar refractivity (Wildman–Crippen MR) is 123 cm³/mol. The summed E-state index contributed by atoms with van der Waals surface area (Å²) in [5.41, 5.74) is 3.83. The Balaban J connectivity index is 1.41. The zero-order valence-electron chi connectivity index (χ0n) is 18.1. The smallest absolute Gasteiger partial charge is 0.220 e. The zero-order chi connectivity index (χ0) is 21.2. The fourth-order valence-corrected chi connectivity index (χ4v) is 5.42. The number of ether oxygens (including phenoxy) is 1. The van der Waals surface area contributed by atoms with E-state index >= 15 is 0 Å². The summed E-state index contributed by atoms with van der Waals surface area (Å²) in [5, 5.41) is 4.61. The SMILES string of the molecule is COc1ccc(C[C@@H]2C[C@@H]3NC(=O)CCCC[C@H]3N2Cc2ccc3[nH]ccc3c2)cc1. The lowest BCUT2D eigenvalue weighted by Crippen LogP contribution is -2.46. The minimum Gasteiger partial charge on any atom is -0.497 e. The molecule has 5 nitrogen and oxygen atoms in total. The van der Waals surface area contributed by atoms with Crippen LogP contribution in [-0.2, 0) is 17.8 Å². The summed E-state index contributed by atoms with van der Waals surface area (Å²) >= 11 is 0. The number of hydrogen-bond donors (Lipinski definition) is 2. The van der Waals surface area contributed by atoms with E-state index in [0.717, 1.165) is 44.4 Å². The van der Waals surface area contributed by atoms with Crippen LogP contribution in [-0.4, -0.2) is 41.0 Å². The first-order chi connectivity index (χ1) is 15.2. The Hall–Kier alpha value is -2.79. The molecule has 3 atom stereocenters. The van der Waals surface area contributed by atoms with Crippen molar-refractivity contribution in [1.82, 2.24) is 15.2 Å². The molecular formula is C26H31N3O2. The summed E-state index contributed by atoms with van der Waals surface area (Å²) in [4.78, 5) is 18.3. The lowest BCUT2D eigenvalue weighted by Gasteiger charge is -2.33. The summed E-state index contributed by atoms with van der Waals surface area (Å²) < 4.78 is 5.32. The average Bonchev–Trinajstić information content (AvgIpc) is 3.35. The molecule has 0 radical (unpaired) electrons. The largest absolute Gasteiger partial charge is 0.497 e. The topological polar surface area (TPSA) is 57.4 Å². The van der Waals surface area contributed by atoms with Gasteiger partial charge in [0.25, 0.3) is 0 Å². The van der Waals surface area contributed by atoms with Crippen LogP contribution in [0.15, 0.2) is 54.7 Å². The molecule has 0 bridgehead atoms. The van der Waals surface area contributed by atoms with Crippen LogP contribution in [0.4, 0.5) is 0 Å². The summed E-state index contributed by atoms with van der Waals surface area (Å²) in [5.74, 6) is 1.11. The summed E-state index contributed by atoms with van der Waals surface area (Å²) in [6, 6.07) is 18.3. The van der Waals surface area contributed by atoms with E-state index in [9.17, 15) is 4.79 Å². The average molecular weight is 418 g/mol. The number of amides is 1. The van der Waals surface area contributed by atoms with E-state index in [1.54, 1.807) is 7.11 Å². The van der Waals surface area contributed by atoms with E-state index in [2.05, 4.69) is 51.6 Å². The maximum absolute atomic E-state index is 12.3. The molecular weight excluding hydrogens is 386 g/mol. The Kier molecular flexibility index (Phi) is 5.68. The molecule has 0 aliphatic carbocycles. The van der Waals surface area contributed by atoms with Crippen LogP contribution >= 0.6 is 0 Å². The summed E-state index contributed by atoms with van der Waals surface area (Å²) in [7, 11) is 1.70. The van der Waals surface area contributed by atoms with Gasteiger partial charge in [0.1, 0.15) is 5.75 Å². The highest BCUT2D eigenvalue weighted by Crippen LogP contribution is 2.34. The lowest BCUT2D eigenvalue weighted by molar-refractivity contribution is -0.122. The predicted octanol–water partition coefficient (Wildman–Crippen LogP) is 4.42. The fraction of sp³-hybridized carbons (Fsp3) is 0.423. The molecule has 3 heterocycles. The number of methoxy groups -OCH3 is 1. The fourth-order valence-electron chi connectivity index (χ4n) is 5.42. The monoisotopic (exact) mass is 417 g/mol. The van der Waals surface area contributed by atoms with Gasteiger partial charge in [0.15, 0.2) is 0 Å². The van der Waals surface area contributed by atoms with E-state index in [1.807, 2.05) is 18.3 Å². The second-order valence-electron chi connectivity index (χ2n) is 9.00. The molecule has 1 amide bonds. The Bertz CT molecular complexity index is 1040. The van der Waals surface area contributed by atoms with Gasteiger partial charge in [-0.1, -0.05) is 24.6 Å². The Morgan fingerprint density at radius 1 is 1.06 bits per heavy atom. The molecule has 0 saturated carbocycles. The highest BCUT2D eigenvalue weighted by molar-refractivity contribution is 5.80. The van der Waals surface area contributed by atoms with Gasteiger partial charge in [-0.15, -0.1) is 0 Å². The lowest BCUT2D eigenvalue weighted by atomic mass is 9.97. The molecule has 1 aromatic heterocycles. The highest BCUT2D eigenvalue weighted by atomic mass is 16.5. The molecule has 0 spiro atoms. The van der Waals surface area contributed by atoms with Crippen LogP contribution in [0.3, 0.4) is 0 Å². The highest BCUT2D eigenvalue weighted by Gasteiger charge is 2.41. The summed E-state index contributed by atoms with van der Waals surface area (Å²) in [6.45, 7) is 0.916. The van der Waals surface area contributed by atoms with E-state index in [-0.39, 0.29) is 11.9 Å². The Labute approximate surface area is 183 Å². The first-order valence-corrected chi connectivity index (χ1v) is 11.4. The van der Waals surface area contributed by atoms with Gasteiger partial charge in [-0.25, -0.2) is 0 Å². The number of fused-ring (bicyclic) bond motifs is 2. The van der Waals surface area contributed by atoms with Gasteiger partial charge in [-0.05, 0) is 72.5 Å². The van der Waals surface area contributed by atoms with Crippen LogP contribution in [0.2, 0.25) is 0 Å². The minimum atomic E-state index is 0.216. The van der Waals surface area contributed by atoms with Crippen LogP contribution in [0.1, 0.15) is 43.2 Å². The van der Waals surface area contributed by atoms with E-state index in [4.69, 9.17) is 4.74 Å². The molecule has 2 aliphatic heterocycles. The second kappa shape index (κ2) is 8.75. The molecule has 2 N–H and O–H groups in total. The third-order valence-electron chi connectivity index (χ3n) is 7.00. The molecule has 2 saturated heterocycles. The number of aromatic amines is 1. The van der Waals surface area contributed by atoms with Gasteiger partial charge >= 0.3 is 0 Å². The number of nitrogens with one attached hydrogen (secondary N) is 2. The van der Waals surface area contributed by atoms with Gasteiger partial charge in [0.2, 0.25) is 5.91 Å². The number of carbonyl (C=O) groups excluding carboxylic acids is 1. The van der Waals surface area contributed by atoms with Crippen molar-refractivity contribution >= 4 is 16.8 Å². The number of carbonyl (C=O) groups is 1. The standard InChI is InChI=1S/C26H31N3O2/c1-31-22-9-6-18(7-10-22)15-21-16-24-25(4-2-3-5-26(30)28-24)29(21)17-19-8-11-23-20(14-19)12-13-27-23/h6-14,21,24-25,27H,2-5,15-17H2,1H3,(H,28,30)/t21-,24+,25-/m1/s1. The third kappa shape index (κ3) is 4.33. The van der Waals surface area contributed by atoms with E-state index < -0.39 is 0 Å².